The molecule has 9 heteroatoms. The Kier molecular flexibility index (Phi) is 11.7. The second-order valence-corrected chi connectivity index (χ2v) is 5.63. The van der Waals surface area contributed by atoms with Crippen molar-refractivity contribution in [1.82, 2.24) is 10.6 Å². The fourth-order valence-electron chi connectivity index (χ4n) is 2.20. The molecule has 1 amide bonds. The molecule has 2 rings (SSSR count). The molecule has 154 valence electrons. The quantitative estimate of drug-likeness (QED) is 0.200. The molecule has 8 nitrogen and oxygen atoms in total. The molecule has 0 unspecified atom stereocenters. The molecule has 0 spiro atoms. The lowest BCUT2D eigenvalue weighted by Gasteiger charge is -2.13. The minimum absolute atomic E-state index is 0. The Morgan fingerprint density at radius 1 is 1.18 bits per heavy atom. The van der Waals surface area contributed by atoms with Crippen molar-refractivity contribution in [2.75, 3.05) is 39.2 Å². The summed E-state index contributed by atoms with van der Waals surface area (Å²) in [5.41, 5.74) is 0.809. The van der Waals surface area contributed by atoms with Gasteiger partial charge in [0, 0.05) is 38.9 Å². The van der Waals surface area contributed by atoms with E-state index >= 15 is 0 Å². The van der Waals surface area contributed by atoms with E-state index < -0.39 is 0 Å². The zero-order valence-electron chi connectivity index (χ0n) is 16.1. The first kappa shape index (κ1) is 23.8. The minimum Gasteiger partial charge on any atom is -0.493 e. The van der Waals surface area contributed by atoms with Gasteiger partial charge in [-0.25, -0.2) is 0 Å². The number of hydrogen-bond donors (Lipinski definition) is 3. The molecule has 0 aliphatic heterocycles. The number of hydrogen-bond acceptors (Lipinski definition) is 5. The van der Waals surface area contributed by atoms with Crippen molar-refractivity contribution >= 4 is 41.5 Å². The minimum atomic E-state index is -0.162. The van der Waals surface area contributed by atoms with Crippen molar-refractivity contribution in [3.05, 3.63) is 48.4 Å². The third kappa shape index (κ3) is 9.09. The normalized spacial score (nSPS) is 10.7. The third-order valence-electron chi connectivity index (χ3n) is 3.54. The number of carbonyl (C=O) groups excluding carboxylic acids is 1. The predicted octanol–water partition coefficient (Wildman–Crippen LogP) is 2.62. The average Bonchev–Trinajstić information content (AvgIpc) is 3.21. The molecule has 0 radical (unpaired) electrons. The van der Waals surface area contributed by atoms with E-state index in [4.69, 9.17) is 13.9 Å². The number of carbonyl (C=O) groups is 1. The Bertz CT molecular complexity index is 722. The van der Waals surface area contributed by atoms with Gasteiger partial charge in [0.25, 0.3) is 0 Å². The molecular weight excluding hydrogens is 475 g/mol. The highest BCUT2D eigenvalue weighted by Crippen LogP contribution is 2.17. The van der Waals surface area contributed by atoms with Crippen molar-refractivity contribution in [2.45, 2.75) is 13.0 Å². The molecule has 0 aliphatic rings. The van der Waals surface area contributed by atoms with Crippen molar-refractivity contribution in [3.63, 3.8) is 0 Å². The van der Waals surface area contributed by atoms with Crippen molar-refractivity contribution in [3.8, 4) is 5.75 Å². The van der Waals surface area contributed by atoms with Gasteiger partial charge >= 0.3 is 0 Å². The van der Waals surface area contributed by atoms with E-state index in [1.807, 2.05) is 24.3 Å². The van der Waals surface area contributed by atoms with Crippen LogP contribution in [0.15, 0.2) is 52.1 Å². The molecule has 28 heavy (non-hydrogen) atoms. The number of furan rings is 1. The van der Waals surface area contributed by atoms with Crippen molar-refractivity contribution in [1.29, 1.82) is 0 Å². The molecule has 0 fully saturated rings. The molecule has 1 aromatic carbocycles. The number of nitrogens with one attached hydrogen (secondary N) is 3. The molecule has 3 N–H and O–H groups in total. The van der Waals surface area contributed by atoms with Crippen molar-refractivity contribution < 1.29 is 18.7 Å². The van der Waals surface area contributed by atoms with E-state index in [2.05, 4.69) is 20.9 Å². The number of amides is 1. The van der Waals surface area contributed by atoms with Gasteiger partial charge in [0.15, 0.2) is 5.96 Å². The lowest BCUT2D eigenvalue weighted by Crippen LogP contribution is -2.39. The Morgan fingerprint density at radius 2 is 2.04 bits per heavy atom. The SMILES string of the molecule is CN=C(NCC(=O)NCc1ccco1)Nc1cccc(OCCCOC)c1.I. The maximum Gasteiger partial charge on any atom is 0.239 e. The van der Waals surface area contributed by atoms with E-state index in [0.29, 0.717) is 31.5 Å². The molecule has 0 bridgehead atoms. The highest BCUT2D eigenvalue weighted by atomic mass is 127. The van der Waals surface area contributed by atoms with Crippen LogP contribution in [0, 0.1) is 0 Å². The molecule has 0 atom stereocenters. The lowest BCUT2D eigenvalue weighted by molar-refractivity contribution is -0.120. The first-order valence-corrected chi connectivity index (χ1v) is 8.70. The Hall–Kier alpha value is -2.27. The summed E-state index contributed by atoms with van der Waals surface area (Å²) >= 11 is 0. The Morgan fingerprint density at radius 3 is 2.75 bits per heavy atom. The van der Waals surface area contributed by atoms with Gasteiger partial charge in [-0.15, -0.1) is 24.0 Å². The summed E-state index contributed by atoms with van der Waals surface area (Å²) < 4.78 is 15.8. The van der Waals surface area contributed by atoms with E-state index in [1.54, 1.807) is 32.6 Å². The van der Waals surface area contributed by atoms with Gasteiger partial charge in [0.05, 0.1) is 26.0 Å². The number of ether oxygens (including phenoxy) is 2. The topological polar surface area (TPSA) is 97.1 Å². The van der Waals surface area contributed by atoms with Gasteiger partial charge < -0.3 is 29.8 Å². The highest BCUT2D eigenvalue weighted by Gasteiger charge is 2.06. The van der Waals surface area contributed by atoms with Crippen LogP contribution in [0.3, 0.4) is 0 Å². The molecule has 1 heterocycles. The standard InChI is InChI=1S/C19H26N4O4.HI/c1-20-19(22-14-18(24)21-13-17-8-4-10-27-17)23-15-6-3-7-16(12-15)26-11-5-9-25-2;/h3-4,6-8,10,12H,5,9,11,13-14H2,1-2H3,(H,21,24)(H2,20,22,23);1H. The first-order chi connectivity index (χ1) is 13.2. The van der Waals surface area contributed by atoms with Crippen LogP contribution < -0.4 is 20.7 Å². The number of rotatable bonds is 10. The zero-order valence-corrected chi connectivity index (χ0v) is 18.4. The third-order valence-corrected chi connectivity index (χ3v) is 3.54. The molecule has 1 aromatic heterocycles. The van der Waals surface area contributed by atoms with Crippen LogP contribution in [-0.4, -0.2) is 45.8 Å². The van der Waals surface area contributed by atoms with Crippen LogP contribution in [0.2, 0.25) is 0 Å². The maximum atomic E-state index is 11.9. The second-order valence-electron chi connectivity index (χ2n) is 5.63. The zero-order chi connectivity index (χ0) is 19.3. The molecule has 0 aliphatic carbocycles. The lowest BCUT2D eigenvalue weighted by atomic mass is 10.3. The second kappa shape index (κ2) is 13.8. The summed E-state index contributed by atoms with van der Waals surface area (Å²) in [6.45, 7) is 1.69. The number of halogens is 1. The summed E-state index contributed by atoms with van der Waals surface area (Å²) in [7, 11) is 3.31. The van der Waals surface area contributed by atoms with Gasteiger partial charge in [-0.05, 0) is 24.3 Å². The van der Waals surface area contributed by atoms with Crippen LogP contribution in [-0.2, 0) is 16.1 Å². The number of aliphatic imine (C=N–C) groups is 1. The summed E-state index contributed by atoms with van der Waals surface area (Å²) in [6, 6.07) is 11.1. The van der Waals surface area contributed by atoms with Crippen LogP contribution in [0.5, 0.6) is 5.75 Å². The number of guanidine groups is 1. The number of benzene rings is 1. The van der Waals surface area contributed by atoms with Gasteiger partial charge in [0.2, 0.25) is 5.91 Å². The summed E-state index contributed by atoms with van der Waals surface area (Å²) in [5, 5.41) is 8.86. The molecular formula is C19H27IN4O4. The Balaban J connectivity index is 0.00000392. The number of methoxy groups -OCH3 is 1. The van der Waals surface area contributed by atoms with Crippen molar-refractivity contribution in [2.24, 2.45) is 4.99 Å². The van der Waals surface area contributed by atoms with E-state index in [0.717, 1.165) is 17.9 Å². The fourth-order valence-corrected chi connectivity index (χ4v) is 2.20. The molecule has 0 saturated carbocycles. The molecule has 0 saturated heterocycles. The van der Waals surface area contributed by atoms with E-state index in [1.165, 1.54) is 0 Å². The average molecular weight is 502 g/mol. The summed E-state index contributed by atoms with van der Waals surface area (Å²) in [6.07, 6.45) is 2.39. The van der Waals surface area contributed by atoms with Gasteiger partial charge in [-0.2, -0.15) is 0 Å². The van der Waals surface area contributed by atoms with Crippen LogP contribution in [0.4, 0.5) is 5.69 Å². The number of nitrogens with zero attached hydrogens (tertiary/aromatic N) is 1. The fraction of sp³-hybridized carbons (Fsp3) is 0.368. The van der Waals surface area contributed by atoms with Gasteiger partial charge in [0.1, 0.15) is 11.5 Å². The van der Waals surface area contributed by atoms with Gasteiger partial charge in [-0.3, -0.25) is 9.79 Å². The van der Waals surface area contributed by atoms with Crippen LogP contribution in [0.1, 0.15) is 12.2 Å². The largest absolute Gasteiger partial charge is 0.493 e. The van der Waals surface area contributed by atoms with E-state index in [-0.39, 0.29) is 36.4 Å². The smallest absolute Gasteiger partial charge is 0.239 e. The summed E-state index contributed by atoms with van der Waals surface area (Å²) in [4.78, 5) is 16.0. The first-order valence-electron chi connectivity index (χ1n) is 8.70. The summed E-state index contributed by atoms with van der Waals surface area (Å²) in [5.74, 6) is 1.78. The van der Waals surface area contributed by atoms with Crippen LogP contribution >= 0.6 is 24.0 Å². The van der Waals surface area contributed by atoms with Gasteiger partial charge in [-0.1, -0.05) is 6.07 Å². The predicted molar refractivity (Wildman–Crippen MR) is 119 cm³/mol. The maximum absolute atomic E-state index is 11.9. The molecule has 2 aromatic rings. The monoisotopic (exact) mass is 502 g/mol. The number of anilines is 1. The highest BCUT2D eigenvalue weighted by molar-refractivity contribution is 14.0. The van der Waals surface area contributed by atoms with E-state index in [9.17, 15) is 4.79 Å². The Labute approximate surface area is 182 Å². The van der Waals surface area contributed by atoms with Crippen LogP contribution in [0.25, 0.3) is 0 Å².